The minimum absolute atomic E-state index is 0.105. The first kappa shape index (κ1) is 13.0. The largest absolute Gasteiger partial charge is 0.410 e. The monoisotopic (exact) mass is 273 g/mol. The molecular formula is C11H10F3N3S. The minimum atomic E-state index is -4.45. The Balaban J connectivity index is 2.12. The van der Waals surface area contributed by atoms with Crippen LogP contribution in [0.4, 0.5) is 13.2 Å². The topological polar surface area (TPSA) is 51.8 Å². The molecule has 0 bridgehead atoms. The number of nitrogens with two attached hydrogens (primary N) is 1. The number of pyridine rings is 1. The molecule has 7 heteroatoms. The van der Waals surface area contributed by atoms with Gasteiger partial charge < -0.3 is 5.73 Å². The van der Waals surface area contributed by atoms with Gasteiger partial charge in [0.15, 0.2) is 6.04 Å². The van der Waals surface area contributed by atoms with Gasteiger partial charge in [-0.1, -0.05) is 0 Å². The van der Waals surface area contributed by atoms with E-state index in [1.165, 1.54) is 6.20 Å². The normalized spacial score (nSPS) is 13.6. The van der Waals surface area contributed by atoms with Crippen molar-refractivity contribution < 1.29 is 13.2 Å². The van der Waals surface area contributed by atoms with Gasteiger partial charge in [0.05, 0.1) is 0 Å². The van der Waals surface area contributed by atoms with Gasteiger partial charge in [-0.15, -0.1) is 11.3 Å². The summed E-state index contributed by atoms with van der Waals surface area (Å²) in [4.78, 5) is 8.35. The first-order chi connectivity index (χ1) is 8.47. The summed E-state index contributed by atoms with van der Waals surface area (Å²) >= 11 is 0.986. The molecule has 0 saturated carbocycles. The first-order valence-electron chi connectivity index (χ1n) is 5.12. The van der Waals surface area contributed by atoms with Crippen molar-refractivity contribution in [3.8, 4) is 0 Å². The van der Waals surface area contributed by atoms with Crippen LogP contribution < -0.4 is 5.73 Å². The summed E-state index contributed by atoms with van der Waals surface area (Å²) in [5, 5.41) is -0.105. The number of alkyl halides is 3. The van der Waals surface area contributed by atoms with Crippen molar-refractivity contribution in [2.24, 2.45) is 5.73 Å². The average molecular weight is 273 g/mol. The van der Waals surface area contributed by atoms with Crippen LogP contribution in [0.3, 0.4) is 0 Å². The van der Waals surface area contributed by atoms with Crippen LogP contribution >= 0.6 is 11.3 Å². The summed E-state index contributed by atoms with van der Waals surface area (Å²) in [6.45, 7) is 0. The van der Waals surface area contributed by atoms with Crippen LogP contribution in [0.1, 0.15) is 21.5 Å². The number of halogens is 3. The fourth-order valence-corrected chi connectivity index (χ4v) is 2.37. The lowest BCUT2D eigenvalue weighted by molar-refractivity contribution is -0.149. The molecule has 2 aromatic heterocycles. The molecule has 1 unspecified atom stereocenters. The van der Waals surface area contributed by atoms with Gasteiger partial charge in [0, 0.05) is 29.9 Å². The Kier molecular flexibility index (Phi) is 3.63. The molecule has 0 radical (unpaired) electrons. The lowest BCUT2D eigenvalue weighted by Crippen LogP contribution is -2.28. The molecule has 0 aliphatic heterocycles. The van der Waals surface area contributed by atoms with Gasteiger partial charge in [0.25, 0.3) is 0 Å². The summed E-state index contributed by atoms with van der Waals surface area (Å²) in [5.74, 6) is 0. The smallest absolute Gasteiger partial charge is 0.314 e. The van der Waals surface area contributed by atoms with Crippen LogP contribution in [0.15, 0.2) is 30.7 Å². The number of aromatic nitrogens is 2. The molecule has 96 valence electrons. The molecule has 0 aromatic carbocycles. The van der Waals surface area contributed by atoms with E-state index in [2.05, 4.69) is 9.97 Å². The molecule has 1 atom stereocenters. The van der Waals surface area contributed by atoms with E-state index in [-0.39, 0.29) is 5.01 Å². The molecular weight excluding hydrogens is 263 g/mol. The fourth-order valence-electron chi connectivity index (χ4n) is 1.39. The Morgan fingerprint density at radius 2 is 1.94 bits per heavy atom. The highest BCUT2D eigenvalue weighted by Gasteiger charge is 2.39. The van der Waals surface area contributed by atoms with Gasteiger partial charge in [-0.25, -0.2) is 4.98 Å². The van der Waals surface area contributed by atoms with E-state index in [9.17, 15) is 13.2 Å². The second kappa shape index (κ2) is 5.03. The van der Waals surface area contributed by atoms with Crippen molar-refractivity contribution >= 4 is 11.3 Å². The highest BCUT2D eigenvalue weighted by Crippen LogP contribution is 2.33. The zero-order chi connectivity index (χ0) is 13.2. The zero-order valence-corrected chi connectivity index (χ0v) is 10.0. The molecule has 2 rings (SSSR count). The van der Waals surface area contributed by atoms with Crippen LogP contribution in [0, 0.1) is 0 Å². The van der Waals surface area contributed by atoms with Crippen LogP contribution in [-0.2, 0) is 6.42 Å². The van der Waals surface area contributed by atoms with E-state index < -0.39 is 12.2 Å². The summed E-state index contributed by atoms with van der Waals surface area (Å²) in [7, 11) is 0. The molecule has 0 spiro atoms. The molecule has 0 saturated heterocycles. The maximum absolute atomic E-state index is 12.4. The van der Waals surface area contributed by atoms with Gasteiger partial charge in [-0.3, -0.25) is 4.98 Å². The predicted octanol–water partition coefficient (Wildman–Crippen LogP) is 2.69. The zero-order valence-electron chi connectivity index (χ0n) is 9.19. The summed E-state index contributed by atoms with van der Waals surface area (Å²) in [6.07, 6.45) is 0.792. The molecule has 0 aliphatic carbocycles. The predicted molar refractivity (Wildman–Crippen MR) is 62.1 cm³/mol. The second-order valence-electron chi connectivity index (χ2n) is 3.72. The maximum atomic E-state index is 12.4. The van der Waals surface area contributed by atoms with Gasteiger partial charge in [0.1, 0.15) is 5.01 Å². The van der Waals surface area contributed by atoms with Crippen molar-refractivity contribution in [3.05, 3.63) is 46.2 Å². The Labute approximate surface area is 105 Å². The van der Waals surface area contributed by atoms with E-state index in [4.69, 9.17) is 5.73 Å². The molecule has 18 heavy (non-hydrogen) atoms. The van der Waals surface area contributed by atoms with Gasteiger partial charge in [-0.05, 0) is 17.7 Å². The Hall–Kier alpha value is -1.47. The molecule has 2 heterocycles. The van der Waals surface area contributed by atoms with Gasteiger partial charge in [-0.2, -0.15) is 13.2 Å². The SMILES string of the molecule is NC(c1ncc(Cc2ccncc2)s1)C(F)(F)F. The number of thiazole rings is 1. The molecule has 2 aromatic rings. The van der Waals surface area contributed by atoms with E-state index in [1.54, 1.807) is 12.4 Å². The highest BCUT2D eigenvalue weighted by atomic mass is 32.1. The van der Waals surface area contributed by atoms with Crippen molar-refractivity contribution in [1.82, 2.24) is 9.97 Å². The molecule has 0 aliphatic rings. The van der Waals surface area contributed by atoms with Crippen molar-refractivity contribution in [2.45, 2.75) is 18.6 Å². The Morgan fingerprint density at radius 1 is 1.28 bits per heavy atom. The fraction of sp³-hybridized carbons (Fsp3) is 0.273. The number of hydrogen-bond acceptors (Lipinski definition) is 4. The average Bonchev–Trinajstić information content (AvgIpc) is 2.76. The van der Waals surface area contributed by atoms with Crippen molar-refractivity contribution in [3.63, 3.8) is 0 Å². The summed E-state index contributed by atoms with van der Waals surface area (Å²) in [6, 6.07) is 1.61. The lowest BCUT2D eigenvalue weighted by Gasteiger charge is -2.11. The third-order valence-electron chi connectivity index (χ3n) is 2.32. The molecule has 0 amide bonds. The summed E-state index contributed by atoms with van der Waals surface area (Å²) < 4.78 is 37.2. The highest BCUT2D eigenvalue weighted by molar-refractivity contribution is 7.11. The van der Waals surface area contributed by atoms with E-state index in [1.807, 2.05) is 12.1 Å². The van der Waals surface area contributed by atoms with E-state index in [0.717, 1.165) is 21.8 Å². The van der Waals surface area contributed by atoms with E-state index >= 15 is 0 Å². The number of nitrogens with zero attached hydrogens (tertiary/aromatic N) is 2. The molecule has 2 N–H and O–H groups in total. The van der Waals surface area contributed by atoms with Gasteiger partial charge in [0.2, 0.25) is 0 Å². The van der Waals surface area contributed by atoms with Crippen LogP contribution in [0.5, 0.6) is 0 Å². The standard InChI is InChI=1S/C11H10F3N3S/c12-11(13,14)9(15)10-17-6-8(18-10)5-7-1-3-16-4-2-7/h1-4,6,9H,5,15H2. The van der Waals surface area contributed by atoms with Crippen LogP contribution in [-0.4, -0.2) is 16.1 Å². The van der Waals surface area contributed by atoms with Gasteiger partial charge >= 0.3 is 6.18 Å². The molecule has 3 nitrogen and oxygen atoms in total. The third-order valence-corrected chi connectivity index (χ3v) is 3.40. The van der Waals surface area contributed by atoms with E-state index in [0.29, 0.717) is 6.42 Å². The number of hydrogen-bond donors (Lipinski definition) is 1. The third kappa shape index (κ3) is 3.05. The minimum Gasteiger partial charge on any atom is -0.314 e. The van der Waals surface area contributed by atoms with Crippen molar-refractivity contribution in [1.29, 1.82) is 0 Å². The Morgan fingerprint density at radius 3 is 2.56 bits per heavy atom. The summed E-state index contributed by atoms with van der Waals surface area (Å²) in [5.41, 5.74) is 6.06. The quantitative estimate of drug-likeness (QED) is 0.935. The number of rotatable bonds is 3. The second-order valence-corrected chi connectivity index (χ2v) is 4.86. The maximum Gasteiger partial charge on any atom is 0.410 e. The first-order valence-corrected chi connectivity index (χ1v) is 5.94. The van der Waals surface area contributed by atoms with Crippen LogP contribution in [0.25, 0.3) is 0 Å². The van der Waals surface area contributed by atoms with Crippen LogP contribution in [0.2, 0.25) is 0 Å². The van der Waals surface area contributed by atoms with Crippen molar-refractivity contribution in [2.75, 3.05) is 0 Å². The lowest BCUT2D eigenvalue weighted by atomic mass is 10.2. The Bertz CT molecular complexity index is 510. The molecule has 0 fully saturated rings.